The average Bonchev–Trinajstić information content (AvgIpc) is 3.20. The van der Waals surface area contributed by atoms with Gasteiger partial charge < -0.3 is 15.0 Å². The van der Waals surface area contributed by atoms with Crippen molar-refractivity contribution in [3.8, 4) is 17.0 Å². The third-order valence-corrected chi connectivity index (χ3v) is 6.03. The van der Waals surface area contributed by atoms with E-state index in [2.05, 4.69) is 34.6 Å². The second-order valence-corrected chi connectivity index (χ2v) is 8.09. The number of ether oxygens (including phenoxy) is 1. The van der Waals surface area contributed by atoms with E-state index < -0.39 is 0 Å². The van der Waals surface area contributed by atoms with Crippen LogP contribution in [-0.4, -0.2) is 30.3 Å². The fourth-order valence-corrected chi connectivity index (χ4v) is 4.40. The Kier molecular flexibility index (Phi) is 6.75. The molecule has 1 heterocycles. The highest BCUT2D eigenvalue weighted by Gasteiger charge is 2.13. The van der Waals surface area contributed by atoms with Crippen molar-refractivity contribution in [3.63, 3.8) is 0 Å². The number of methoxy groups -OCH3 is 1. The van der Waals surface area contributed by atoms with Gasteiger partial charge in [0.05, 0.1) is 12.8 Å². The van der Waals surface area contributed by atoms with Gasteiger partial charge in [-0.25, -0.2) is 0 Å². The molecule has 0 unspecified atom stereocenters. The van der Waals surface area contributed by atoms with Crippen molar-refractivity contribution in [1.82, 2.24) is 10.3 Å². The summed E-state index contributed by atoms with van der Waals surface area (Å²) in [6.45, 7) is 0.587. The molecule has 0 spiro atoms. The Morgan fingerprint density at radius 2 is 1.74 bits per heavy atom. The van der Waals surface area contributed by atoms with Crippen molar-refractivity contribution in [2.75, 3.05) is 19.4 Å². The fourth-order valence-electron chi connectivity index (χ4n) is 3.35. The summed E-state index contributed by atoms with van der Waals surface area (Å²) in [5.74, 6) is 1.52. The van der Waals surface area contributed by atoms with E-state index in [0.717, 1.165) is 33.8 Å². The van der Waals surface area contributed by atoms with Crippen LogP contribution in [0.1, 0.15) is 5.56 Å². The molecule has 4 nitrogen and oxygen atoms in total. The van der Waals surface area contributed by atoms with E-state index in [1.807, 2.05) is 60.7 Å². The van der Waals surface area contributed by atoms with Crippen LogP contribution in [0.4, 0.5) is 0 Å². The van der Waals surface area contributed by atoms with Crippen LogP contribution in [0.25, 0.3) is 28.2 Å². The fraction of sp³-hybridized carbons (Fsp3) is 0.115. The Morgan fingerprint density at radius 1 is 1.00 bits per heavy atom. The van der Waals surface area contributed by atoms with E-state index in [-0.39, 0.29) is 5.91 Å². The zero-order valence-electron chi connectivity index (χ0n) is 17.3. The number of rotatable bonds is 8. The molecule has 0 fully saturated rings. The van der Waals surface area contributed by atoms with E-state index in [1.54, 1.807) is 24.9 Å². The number of aromatic nitrogens is 1. The van der Waals surface area contributed by atoms with Crippen molar-refractivity contribution in [2.24, 2.45) is 0 Å². The minimum Gasteiger partial charge on any atom is -0.497 e. The highest BCUT2D eigenvalue weighted by Crippen LogP contribution is 2.37. The van der Waals surface area contributed by atoms with E-state index in [4.69, 9.17) is 4.74 Å². The lowest BCUT2D eigenvalue weighted by Crippen LogP contribution is -2.23. The number of aromatic amines is 1. The maximum Gasteiger partial charge on any atom is 0.244 e. The van der Waals surface area contributed by atoms with Gasteiger partial charge in [-0.05, 0) is 47.5 Å². The van der Waals surface area contributed by atoms with E-state index in [1.165, 1.54) is 10.3 Å². The van der Waals surface area contributed by atoms with Crippen LogP contribution >= 0.6 is 11.8 Å². The first kappa shape index (κ1) is 20.8. The van der Waals surface area contributed by atoms with Gasteiger partial charge in [-0.3, -0.25) is 4.79 Å². The molecule has 31 heavy (non-hydrogen) atoms. The number of hydrogen-bond acceptors (Lipinski definition) is 3. The molecular formula is C26H24N2O2S. The first-order chi connectivity index (χ1) is 15.2. The van der Waals surface area contributed by atoms with Gasteiger partial charge in [-0.2, -0.15) is 0 Å². The number of carbonyl (C=O) groups is 1. The van der Waals surface area contributed by atoms with Crippen molar-refractivity contribution < 1.29 is 9.53 Å². The molecule has 5 heteroatoms. The van der Waals surface area contributed by atoms with Crippen molar-refractivity contribution >= 4 is 34.6 Å². The normalized spacial score (nSPS) is 11.1. The standard InChI is InChI=1S/C26H24N2O2S/c1-30-21-14-12-20(13-15-21)25-26(22-9-5-6-10-23(22)28-25)31-18-17-27-24(29)16-11-19-7-3-2-4-8-19/h2-16,28H,17-18H2,1H3,(H,27,29)/b16-11+. The second kappa shape index (κ2) is 10.0. The maximum atomic E-state index is 12.1. The van der Waals surface area contributed by atoms with E-state index in [0.29, 0.717) is 6.54 Å². The summed E-state index contributed by atoms with van der Waals surface area (Å²) in [5, 5.41) is 4.15. The molecule has 0 bridgehead atoms. The lowest BCUT2D eigenvalue weighted by atomic mass is 10.1. The summed E-state index contributed by atoms with van der Waals surface area (Å²) < 4.78 is 5.28. The predicted octanol–water partition coefficient (Wildman–Crippen LogP) is 5.77. The molecule has 1 amide bonds. The first-order valence-corrected chi connectivity index (χ1v) is 11.1. The van der Waals surface area contributed by atoms with Crippen LogP contribution in [0.15, 0.2) is 89.8 Å². The van der Waals surface area contributed by atoms with E-state index >= 15 is 0 Å². The quantitative estimate of drug-likeness (QED) is 0.213. The topological polar surface area (TPSA) is 54.1 Å². The minimum atomic E-state index is -0.0845. The van der Waals surface area contributed by atoms with Crippen LogP contribution in [0, 0.1) is 0 Å². The van der Waals surface area contributed by atoms with Gasteiger partial charge in [0.15, 0.2) is 0 Å². The summed E-state index contributed by atoms with van der Waals surface area (Å²) in [4.78, 5) is 16.8. The second-order valence-electron chi connectivity index (χ2n) is 6.99. The summed E-state index contributed by atoms with van der Waals surface area (Å²) in [6.07, 6.45) is 3.40. The maximum absolute atomic E-state index is 12.1. The number of benzene rings is 3. The molecule has 3 aromatic carbocycles. The summed E-state index contributed by atoms with van der Waals surface area (Å²) in [5.41, 5.74) is 4.30. The SMILES string of the molecule is COc1ccc(-c2[nH]c3ccccc3c2SCCNC(=O)/C=C/c2ccccc2)cc1. The van der Waals surface area contributed by atoms with Crippen molar-refractivity contribution in [3.05, 3.63) is 90.5 Å². The number of fused-ring (bicyclic) bond motifs is 1. The number of carbonyl (C=O) groups excluding carboxylic acids is 1. The van der Waals surface area contributed by atoms with Crippen LogP contribution in [-0.2, 0) is 4.79 Å². The number of para-hydroxylation sites is 1. The lowest BCUT2D eigenvalue weighted by Gasteiger charge is -2.07. The summed E-state index contributed by atoms with van der Waals surface area (Å²) >= 11 is 1.74. The van der Waals surface area contributed by atoms with E-state index in [9.17, 15) is 4.79 Å². The average molecular weight is 429 g/mol. The summed E-state index contributed by atoms with van der Waals surface area (Å²) in [6, 6.07) is 26.2. The number of H-pyrrole nitrogens is 1. The number of hydrogen-bond donors (Lipinski definition) is 2. The molecule has 0 saturated heterocycles. The van der Waals surface area contributed by atoms with Crippen LogP contribution in [0.5, 0.6) is 5.75 Å². The highest BCUT2D eigenvalue weighted by atomic mass is 32.2. The zero-order chi connectivity index (χ0) is 21.5. The molecule has 0 atom stereocenters. The number of nitrogens with one attached hydrogen (secondary N) is 2. The first-order valence-electron chi connectivity index (χ1n) is 10.1. The van der Waals surface area contributed by atoms with Crippen molar-refractivity contribution in [1.29, 1.82) is 0 Å². The molecule has 4 aromatic rings. The Labute approximate surface area is 186 Å². The van der Waals surface area contributed by atoms with Gasteiger partial charge in [-0.15, -0.1) is 11.8 Å². The van der Waals surface area contributed by atoms with Crippen LogP contribution in [0.2, 0.25) is 0 Å². The minimum absolute atomic E-state index is 0.0845. The number of thioether (sulfide) groups is 1. The molecule has 0 aliphatic rings. The van der Waals surface area contributed by atoms with Gasteiger partial charge in [0.25, 0.3) is 0 Å². The van der Waals surface area contributed by atoms with Gasteiger partial charge in [0.2, 0.25) is 5.91 Å². The lowest BCUT2D eigenvalue weighted by molar-refractivity contribution is -0.116. The van der Waals surface area contributed by atoms with Gasteiger partial charge >= 0.3 is 0 Å². The van der Waals surface area contributed by atoms with Crippen LogP contribution in [0.3, 0.4) is 0 Å². The molecular weight excluding hydrogens is 404 g/mol. The Bertz CT molecular complexity index is 1180. The third-order valence-electron chi connectivity index (χ3n) is 4.91. The predicted molar refractivity (Wildman–Crippen MR) is 129 cm³/mol. The molecule has 0 aliphatic carbocycles. The monoisotopic (exact) mass is 428 g/mol. The molecule has 0 aliphatic heterocycles. The van der Waals surface area contributed by atoms with Gasteiger partial charge in [0.1, 0.15) is 5.75 Å². The number of amides is 1. The molecule has 4 rings (SSSR count). The highest BCUT2D eigenvalue weighted by molar-refractivity contribution is 7.99. The Balaban J connectivity index is 1.43. The van der Waals surface area contributed by atoms with Gasteiger partial charge in [-0.1, -0.05) is 48.5 Å². The van der Waals surface area contributed by atoms with Crippen LogP contribution < -0.4 is 10.1 Å². The molecule has 2 N–H and O–H groups in total. The zero-order valence-corrected chi connectivity index (χ0v) is 18.1. The van der Waals surface area contributed by atoms with Crippen molar-refractivity contribution in [2.45, 2.75) is 4.90 Å². The Morgan fingerprint density at radius 3 is 2.52 bits per heavy atom. The smallest absolute Gasteiger partial charge is 0.244 e. The third kappa shape index (κ3) is 5.19. The largest absolute Gasteiger partial charge is 0.497 e. The van der Waals surface area contributed by atoms with Gasteiger partial charge in [0, 0.05) is 34.2 Å². The molecule has 0 radical (unpaired) electrons. The Hall–Kier alpha value is -3.44. The molecule has 0 saturated carbocycles. The summed E-state index contributed by atoms with van der Waals surface area (Å²) in [7, 11) is 1.67. The molecule has 1 aromatic heterocycles. The molecule has 156 valence electrons.